The molecule has 0 unspecified atom stereocenters. The van der Waals surface area contributed by atoms with E-state index in [1.165, 1.54) is 0 Å². The highest BCUT2D eigenvalue weighted by atomic mass is 79.9. The summed E-state index contributed by atoms with van der Waals surface area (Å²) >= 11 is 3.41. The van der Waals surface area contributed by atoms with Crippen molar-refractivity contribution >= 4 is 27.7 Å². The van der Waals surface area contributed by atoms with Gasteiger partial charge >= 0.3 is 0 Å². The fraction of sp³-hybridized carbons (Fsp3) is 0.333. The number of hydrogen-bond acceptors (Lipinski definition) is 2. The number of rotatable bonds is 7. The van der Waals surface area contributed by atoms with Gasteiger partial charge in [-0.1, -0.05) is 66.5 Å². The molecule has 2 aromatic carbocycles. The Balaban J connectivity index is 2.09. The van der Waals surface area contributed by atoms with Crippen LogP contribution in [-0.2, 0) is 4.79 Å². The third-order valence-electron chi connectivity index (χ3n) is 4.55. The molecule has 0 radical (unpaired) electrons. The van der Waals surface area contributed by atoms with E-state index in [1.54, 1.807) is 12.1 Å². The second kappa shape index (κ2) is 9.53. The maximum atomic E-state index is 12.8. The van der Waals surface area contributed by atoms with Crippen molar-refractivity contribution in [2.45, 2.75) is 39.3 Å². The van der Waals surface area contributed by atoms with Crippen LogP contribution in [-0.4, -0.2) is 17.9 Å². The largest absolute Gasteiger partial charge is 0.348 e. The molecular formula is C21H25BrN2O2. The first-order chi connectivity index (χ1) is 12.4. The zero-order chi connectivity index (χ0) is 19.1. The number of carbonyl (C=O) groups is 2. The number of hydrogen-bond donors (Lipinski definition) is 2. The highest BCUT2D eigenvalue weighted by Gasteiger charge is 2.27. The molecule has 138 valence electrons. The summed E-state index contributed by atoms with van der Waals surface area (Å²) < 4.78 is 0.993. The van der Waals surface area contributed by atoms with Gasteiger partial charge in [0.05, 0.1) is 6.04 Å². The summed E-state index contributed by atoms with van der Waals surface area (Å²) in [6.45, 7) is 5.92. The first kappa shape index (κ1) is 20.2. The summed E-state index contributed by atoms with van der Waals surface area (Å²) in [6, 6.07) is 16.1. The average Bonchev–Trinajstić information content (AvgIpc) is 2.66. The molecular weight excluding hydrogens is 392 g/mol. The average molecular weight is 417 g/mol. The molecule has 2 aromatic rings. The fourth-order valence-electron chi connectivity index (χ4n) is 2.65. The monoisotopic (exact) mass is 416 g/mol. The predicted octanol–water partition coefficient (Wildman–Crippen LogP) is 4.47. The number of halogens is 1. The summed E-state index contributed by atoms with van der Waals surface area (Å²) in [7, 11) is 0. The van der Waals surface area contributed by atoms with Crippen LogP contribution < -0.4 is 10.6 Å². The smallest absolute Gasteiger partial charge is 0.251 e. The zero-order valence-electron chi connectivity index (χ0n) is 15.3. The van der Waals surface area contributed by atoms with Crippen molar-refractivity contribution < 1.29 is 9.59 Å². The molecule has 3 atom stereocenters. The first-order valence-electron chi connectivity index (χ1n) is 8.84. The van der Waals surface area contributed by atoms with E-state index in [-0.39, 0.29) is 23.8 Å². The minimum absolute atomic E-state index is 0.0276. The van der Waals surface area contributed by atoms with Gasteiger partial charge in [-0.25, -0.2) is 0 Å². The quantitative estimate of drug-likeness (QED) is 0.699. The molecule has 0 spiro atoms. The zero-order valence-corrected chi connectivity index (χ0v) is 16.9. The summed E-state index contributed by atoms with van der Waals surface area (Å²) in [5.74, 6) is -0.374. The van der Waals surface area contributed by atoms with Crippen LogP contribution in [0.15, 0.2) is 59.1 Å². The molecule has 5 heteroatoms. The summed E-state index contributed by atoms with van der Waals surface area (Å²) in [4.78, 5) is 25.3. The second-order valence-electron chi connectivity index (χ2n) is 6.48. The number of benzene rings is 2. The van der Waals surface area contributed by atoms with E-state index < -0.39 is 6.04 Å². The van der Waals surface area contributed by atoms with Gasteiger partial charge in [0.1, 0.15) is 6.04 Å². The summed E-state index contributed by atoms with van der Waals surface area (Å²) in [6.07, 6.45) is 0.791. The maximum Gasteiger partial charge on any atom is 0.251 e. The van der Waals surface area contributed by atoms with E-state index in [4.69, 9.17) is 0 Å². The van der Waals surface area contributed by atoms with E-state index in [9.17, 15) is 9.59 Å². The van der Waals surface area contributed by atoms with E-state index >= 15 is 0 Å². The highest BCUT2D eigenvalue weighted by molar-refractivity contribution is 9.10. The molecule has 2 amide bonds. The van der Waals surface area contributed by atoms with Crippen LogP contribution in [0, 0.1) is 5.92 Å². The molecule has 2 rings (SSSR count). The van der Waals surface area contributed by atoms with Crippen molar-refractivity contribution in [1.82, 2.24) is 10.6 Å². The molecule has 0 aromatic heterocycles. The van der Waals surface area contributed by atoms with Gasteiger partial charge in [-0.15, -0.1) is 0 Å². The first-order valence-corrected chi connectivity index (χ1v) is 9.63. The molecule has 26 heavy (non-hydrogen) atoms. The van der Waals surface area contributed by atoms with Gasteiger partial charge in [-0.2, -0.15) is 0 Å². The van der Waals surface area contributed by atoms with Crippen molar-refractivity contribution in [2.24, 2.45) is 5.92 Å². The molecule has 2 N–H and O–H groups in total. The van der Waals surface area contributed by atoms with Gasteiger partial charge in [-0.3, -0.25) is 9.59 Å². The van der Waals surface area contributed by atoms with Gasteiger partial charge in [0.2, 0.25) is 5.91 Å². The van der Waals surface area contributed by atoms with Crippen LogP contribution in [0.25, 0.3) is 0 Å². The Hall–Kier alpha value is -2.14. The van der Waals surface area contributed by atoms with E-state index in [1.807, 2.05) is 63.2 Å². The molecule has 0 aliphatic heterocycles. The predicted molar refractivity (Wildman–Crippen MR) is 108 cm³/mol. The van der Waals surface area contributed by atoms with Crippen molar-refractivity contribution in [1.29, 1.82) is 0 Å². The number of amides is 2. The van der Waals surface area contributed by atoms with Crippen molar-refractivity contribution in [2.75, 3.05) is 0 Å². The molecule has 0 bridgehead atoms. The standard InChI is InChI=1S/C21H25BrN2O2/c1-4-14(2)19(24-20(25)17-8-6-5-7-9-17)21(26)23-15(3)16-10-12-18(22)13-11-16/h5-15,19H,4H2,1-3H3,(H,23,26)(H,24,25)/t14-,15+,19-/m0/s1. The molecule has 0 saturated heterocycles. The van der Waals surface area contributed by atoms with E-state index in [0.29, 0.717) is 5.56 Å². The van der Waals surface area contributed by atoms with Crippen LogP contribution in [0.2, 0.25) is 0 Å². The van der Waals surface area contributed by atoms with Gasteiger partial charge in [0, 0.05) is 10.0 Å². The highest BCUT2D eigenvalue weighted by Crippen LogP contribution is 2.18. The topological polar surface area (TPSA) is 58.2 Å². The molecule has 0 aliphatic rings. The lowest BCUT2D eigenvalue weighted by atomic mass is 9.97. The van der Waals surface area contributed by atoms with Crippen molar-refractivity contribution in [3.05, 3.63) is 70.2 Å². The molecule has 0 aliphatic carbocycles. The Morgan fingerprint density at radius 2 is 1.58 bits per heavy atom. The molecule has 4 nitrogen and oxygen atoms in total. The summed E-state index contributed by atoms with van der Waals surface area (Å²) in [5, 5.41) is 5.91. The third-order valence-corrected chi connectivity index (χ3v) is 5.08. The lowest BCUT2D eigenvalue weighted by molar-refractivity contribution is -0.124. The Labute approximate surface area is 163 Å². The van der Waals surface area contributed by atoms with Crippen LogP contribution in [0.4, 0.5) is 0 Å². The van der Waals surface area contributed by atoms with Crippen LogP contribution in [0.1, 0.15) is 49.2 Å². The lowest BCUT2D eigenvalue weighted by Gasteiger charge is -2.25. The minimum atomic E-state index is -0.578. The normalized spacial score (nSPS) is 14.2. The van der Waals surface area contributed by atoms with Crippen molar-refractivity contribution in [3.8, 4) is 0 Å². The number of nitrogens with one attached hydrogen (secondary N) is 2. The van der Waals surface area contributed by atoms with Crippen molar-refractivity contribution in [3.63, 3.8) is 0 Å². The molecule has 0 fully saturated rings. The number of carbonyl (C=O) groups excluding carboxylic acids is 2. The Morgan fingerprint density at radius 3 is 2.15 bits per heavy atom. The van der Waals surface area contributed by atoms with Gasteiger partial charge in [0.15, 0.2) is 0 Å². The second-order valence-corrected chi connectivity index (χ2v) is 7.40. The van der Waals surface area contributed by atoms with E-state index in [0.717, 1.165) is 16.5 Å². The summed E-state index contributed by atoms with van der Waals surface area (Å²) in [5.41, 5.74) is 1.56. The molecule has 0 saturated carbocycles. The maximum absolute atomic E-state index is 12.8. The van der Waals surface area contributed by atoms with E-state index in [2.05, 4.69) is 26.6 Å². The lowest BCUT2D eigenvalue weighted by Crippen LogP contribution is -2.50. The van der Waals surface area contributed by atoms with Crippen LogP contribution in [0.5, 0.6) is 0 Å². The Kier molecular flexibility index (Phi) is 7.39. The van der Waals surface area contributed by atoms with Gasteiger partial charge in [-0.05, 0) is 42.7 Å². The van der Waals surface area contributed by atoms with Gasteiger partial charge in [0.25, 0.3) is 5.91 Å². The van der Waals surface area contributed by atoms with Crippen LogP contribution in [0.3, 0.4) is 0 Å². The SMILES string of the molecule is CC[C@H](C)[C@H](NC(=O)c1ccccc1)C(=O)N[C@H](C)c1ccc(Br)cc1. The van der Waals surface area contributed by atoms with Gasteiger partial charge < -0.3 is 10.6 Å². The third kappa shape index (κ3) is 5.43. The minimum Gasteiger partial charge on any atom is -0.348 e. The Bertz CT molecular complexity index is 731. The fourth-order valence-corrected chi connectivity index (χ4v) is 2.92. The van der Waals surface area contributed by atoms with Crippen LogP contribution >= 0.6 is 15.9 Å². The Morgan fingerprint density at radius 1 is 0.962 bits per heavy atom. The molecule has 0 heterocycles.